The molecule has 68 valence electrons. The van der Waals surface area contributed by atoms with Crippen molar-refractivity contribution in [2.45, 2.75) is 25.6 Å². The fraction of sp³-hybridized carbons (Fsp3) is 0.875. The third kappa shape index (κ3) is 4.18. The van der Waals surface area contributed by atoms with E-state index in [0.717, 1.165) is 13.0 Å². The van der Waals surface area contributed by atoms with E-state index in [0.29, 0.717) is 0 Å². The van der Waals surface area contributed by atoms with Crippen LogP contribution in [0.2, 0.25) is 0 Å². The van der Waals surface area contributed by atoms with Crippen LogP contribution < -0.4 is 0 Å². The van der Waals surface area contributed by atoms with Gasteiger partial charge in [-0.15, -0.1) is 0 Å². The Morgan fingerprint density at radius 3 is 2.64 bits per heavy atom. The number of ether oxygens (including phenoxy) is 1. The second kappa shape index (κ2) is 3.96. The van der Waals surface area contributed by atoms with Gasteiger partial charge in [-0.05, 0) is 0 Å². The monoisotopic (exact) mass is 272 g/mol. The van der Waals surface area contributed by atoms with Gasteiger partial charge >= 0.3 is 72.7 Å². The van der Waals surface area contributed by atoms with Crippen LogP contribution in [0.4, 0.5) is 0 Å². The van der Waals surface area contributed by atoms with Gasteiger partial charge in [-0.25, -0.2) is 0 Å². The minimum absolute atomic E-state index is 0.0626. The predicted molar refractivity (Wildman–Crippen MR) is 57.7 cm³/mol. The molecule has 1 rings (SSSR count). The van der Waals surface area contributed by atoms with Crippen molar-refractivity contribution in [2.24, 2.45) is 0 Å². The van der Waals surface area contributed by atoms with E-state index in [-0.39, 0.29) is 6.29 Å². The average molecular weight is 272 g/mol. The van der Waals surface area contributed by atoms with E-state index in [1.54, 1.807) is 0 Å². The summed E-state index contributed by atoms with van der Waals surface area (Å²) in [5.41, 5.74) is 0. The quantitative estimate of drug-likeness (QED) is 0.566. The first-order valence-corrected chi connectivity index (χ1v) is 10.6. The third-order valence-corrected chi connectivity index (χ3v) is 3.42. The molecule has 0 aromatic heterocycles. The fourth-order valence-corrected chi connectivity index (χ4v) is 2.99. The summed E-state index contributed by atoms with van der Waals surface area (Å²) in [5.74, 6) is 0. The minimum atomic E-state index is -2.01. The Morgan fingerprint density at radius 1 is 1.45 bits per heavy atom. The third-order valence-electron chi connectivity index (χ3n) is 1.48. The van der Waals surface area contributed by atoms with E-state index in [1.807, 2.05) is 0 Å². The standard InChI is InChI=1S/C8H17IO2/c1-9(2,3)11-8-6-4-5-7-10-8/h8H,1,4-7H2,2-3H3. The van der Waals surface area contributed by atoms with Crippen LogP contribution >= 0.6 is 18.4 Å². The molecule has 1 fully saturated rings. The second-order valence-corrected chi connectivity index (χ2v) is 11.3. The molecule has 1 aliphatic heterocycles. The zero-order valence-electron chi connectivity index (χ0n) is 7.31. The van der Waals surface area contributed by atoms with Gasteiger partial charge in [0.2, 0.25) is 0 Å². The molecule has 0 radical (unpaired) electrons. The Bertz CT molecular complexity index is 155. The zero-order chi connectivity index (χ0) is 8.32. The molecule has 1 heterocycles. The summed E-state index contributed by atoms with van der Waals surface area (Å²) >= 11 is -2.01. The van der Waals surface area contributed by atoms with E-state index in [9.17, 15) is 0 Å². The Hall–Kier alpha value is 0.520. The van der Waals surface area contributed by atoms with Crippen molar-refractivity contribution in [3.63, 3.8) is 0 Å². The van der Waals surface area contributed by atoms with Crippen molar-refractivity contribution in [3.8, 4) is 0 Å². The van der Waals surface area contributed by atoms with Crippen LogP contribution in [0, 0.1) is 0 Å². The predicted octanol–water partition coefficient (Wildman–Crippen LogP) is 2.18. The number of hydrogen-bond acceptors (Lipinski definition) is 2. The molecule has 0 spiro atoms. The molecule has 0 aromatic carbocycles. The van der Waals surface area contributed by atoms with Crippen molar-refractivity contribution >= 4 is 22.9 Å². The normalized spacial score (nSPS) is 28.4. The van der Waals surface area contributed by atoms with Crippen LogP contribution in [0.25, 0.3) is 0 Å². The molecule has 1 unspecified atom stereocenters. The van der Waals surface area contributed by atoms with Gasteiger partial charge in [0.25, 0.3) is 0 Å². The average Bonchev–Trinajstić information content (AvgIpc) is 1.85. The van der Waals surface area contributed by atoms with E-state index in [4.69, 9.17) is 7.80 Å². The number of alkyl halides is 2. The Labute approximate surface area is 72.8 Å². The second-order valence-electron chi connectivity index (χ2n) is 3.22. The Kier molecular flexibility index (Phi) is 3.46. The number of rotatable bonds is 2. The molecule has 1 aliphatic rings. The molecule has 0 amide bonds. The van der Waals surface area contributed by atoms with Crippen molar-refractivity contribution in [1.29, 1.82) is 0 Å². The molecule has 0 aromatic rings. The van der Waals surface area contributed by atoms with Gasteiger partial charge in [0, 0.05) is 0 Å². The molecule has 1 atom stereocenters. The van der Waals surface area contributed by atoms with Crippen molar-refractivity contribution in [2.75, 3.05) is 16.5 Å². The van der Waals surface area contributed by atoms with Crippen LogP contribution in [0.1, 0.15) is 19.3 Å². The molecule has 0 bridgehead atoms. The first-order valence-electron chi connectivity index (χ1n) is 3.85. The van der Waals surface area contributed by atoms with E-state index in [1.165, 1.54) is 12.8 Å². The summed E-state index contributed by atoms with van der Waals surface area (Å²) in [6.07, 6.45) is 3.54. The van der Waals surface area contributed by atoms with Gasteiger partial charge in [0.05, 0.1) is 0 Å². The molecule has 11 heavy (non-hydrogen) atoms. The van der Waals surface area contributed by atoms with Crippen LogP contribution in [0.5, 0.6) is 0 Å². The van der Waals surface area contributed by atoms with Crippen molar-refractivity contribution in [1.82, 2.24) is 0 Å². The van der Waals surface area contributed by atoms with Crippen LogP contribution in [0.3, 0.4) is 0 Å². The maximum absolute atomic E-state index is 5.73. The van der Waals surface area contributed by atoms with Gasteiger partial charge in [-0.2, -0.15) is 0 Å². The number of halogens is 1. The molecular formula is C8H17IO2. The molecular weight excluding hydrogens is 255 g/mol. The topological polar surface area (TPSA) is 18.5 Å². The van der Waals surface area contributed by atoms with Crippen molar-refractivity contribution in [3.05, 3.63) is 0 Å². The van der Waals surface area contributed by atoms with Gasteiger partial charge in [-0.3, -0.25) is 0 Å². The van der Waals surface area contributed by atoms with Gasteiger partial charge < -0.3 is 0 Å². The molecule has 2 nitrogen and oxygen atoms in total. The molecule has 3 heteroatoms. The van der Waals surface area contributed by atoms with Crippen LogP contribution in [0.15, 0.2) is 0 Å². The summed E-state index contributed by atoms with van der Waals surface area (Å²) in [6.45, 7) is 0.863. The first-order chi connectivity index (χ1) is 5.08. The summed E-state index contributed by atoms with van der Waals surface area (Å²) in [5, 5.41) is 0. The number of hydrogen-bond donors (Lipinski definition) is 0. The van der Waals surface area contributed by atoms with Gasteiger partial charge in [0.1, 0.15) is 0 Å². The molecule has 0 saturated carbocycles. The molecule has 0 aliphatic carbocycles. The van der Waals surface area contributed by atoms with Gasteiger partial charge in [0.15, 0.2) is 0 Å². The Morgan fingerprint density at radius 2 is 2.18 bits per heavy atom. The maximum atomic E-state index is 5.73. The van der Waals surface area contributed by atoms with E-state index >= 15 is 0 Å². The molecule has 1 saturated heterocycles. The van der Waals surface area contributed by atoms with E-state index < -0.39 is 18.4 Å². The van der Waals surface area contributed by atoms with Crippen LogP contribution in [-0.4, -0.2) is 27.3 Å². The van der Waals surface area contributed by atoms with Gasteiger partial charge in [-0.1, -0.05) is 0 Å². The SMILES string of the molecule is C=I(C)(C)OC1CCCCO1. The van der Waals surface area contributed by atoms with Crippen molar-refractivity contribution < 1.29 is 7.80 Å². The summed E-state index contributed by atoms with van der Waals surface area (Å²) in [6, 6.07) is 0. The zero-order valence-corrected chi connectivity index (χ0v) is 9.46. The summed E-state index contributed by atoms with van der Waals surface area (Å²) in [4.78, 5) is 4.26. The summed E-state index contributed by atoms with van der Waals surface area (Å²) in [7, 11) is 0. The summed E-state index contributed by atoms with van der Waals surface area (Å²) < 4.78 is 15.2. The first kappa shape index (κ1) is 9.61. The fourth-order valence-electron chi connectivity index (χ4n) is 1.05. The molecule has 0 N–H and O–H groups in total. The van der Waals surface area contributed by atoms with Crippen LogP contribution in [-0.2, 0) is 7.80 Å². The Balaban J connectivity index is 2.30. The van der Waals surface area contributed by atoms with E-state index in [2.05, 4.69) is 14.4 Å².